The summed E-state index contributed by atoms with van der Waals surface area (Å²) in [5.74, 6) is -0.343. The van der Waals surface area contributed by atoms with E-state index in [9.17, 15) is 9.00 Å². The van der Waals surface area contributed by atoms with Crippen LogP contribution in [-0.4, -0.2) is 21.9 Å². The number of fused-ring (bicyclic) bond motifs is 1. The summed E-state index contributed by atoms with van der Waals surface area (Å²) in [7, 11) is -0.0156. The molecule has 0 N–H and O–H groups in total. The number of carbonyl (C=O) groups excluding carboxylic acids is 1. The zero-order valence-electron chi connectivity index (χ0n) is 14.2. The smallest absolute Gasteiger partial charge is 0.325 e. The van der Waals surface area contributed by atoms with Crippen molar-refractivity contribution < 1.29 is 13.7 Å². The average molecular weight is 376 g/mol. The van der Waals surface area contributed by atoms with Crippen LogP contribution in [0.5, 0.6) is 0 Å². The summed E-state index contributed by atoms with van der Waals surface area (Å²) in [6, 6.07) is 12.9. The van der Waals surface area contributed by atoms with Gasteiger partial charge in [0.15, 0.2) is 0 Å². The SMILES string of the molecule is COC(=O)Cn1c(C)c(S(=O)c2ccc(Cl)cc2)c2cc(C)ccc21. The van der Waals surface area contributed by atoms with Gasteiger partial charge >= 0.3 is 5.97 Å². The Bertz CT molecular complexity index is 976. The van der Waals surface area contributed by atoms with Crippen molar-refractivity contribution in [2.45, 2.75) is 30.2 Å². The molecule has 0 fully saturated rings. The molecule has 4 nitrogen and oxygen atoms in total. The van der Waals surface area contributed by atoms with Crippen LogP contribution < -0.4 is 0 Å². The van der Waals surface area contributed by atoms with Crippen LogP contribution in [0.1, 0.15) is 11.3 Å². The minimum Gasteiger partial charge on any atom is -0.468 e. The number of esters is 1. The molecule has 0 aliphatic rings. The molecule has 2 aromatic carbocycles. The fraction of sp³-hybridized carbons (Fsp3) is 0.211. The lowest BCUT2D eigenvalue weighted by molar-refractivity contribution is -0.141. The highest BCUT2D eigenvalue weighted by molar-refractivity contribution is 7.85. The molecule has 6 heteroatoms. The van der Waals surface area contributed by atoms with Crippen LogP contribution in [0, 0.1) is 13.8 Å². The number of halogens is 1. The van der Waals surface area contributed by atoms with Gasteiger partial charge in [-0.15, -0.1) is 0 Å². The maximum atomic E-state index is 13.2. The largest absolute Gasteiger partial charge is 0.468 e. The normalized spacial score (nSPS) is 12.3. The van der Waals surface area contributed by atoms with Crippen LogP contribution in [0.25, 0.3) is 10.9 Å². The Morgan fingerprint density at radius 3 is 2.48 bits per heavy atom. The lowest BCUT2D eigenvalue weighted by Gasteiger charge is -2.07. The number of nitrogens with zero attached hydrogens (tertiary/aromatic N) is 1. The van der Waals surface area contributed by atoms with Gasteiger partial charge in [-0.2, -0.15) is 0 Å². The minimum atomic E-state index is -1.38. The molecule has 0 aliphatic heterocycles. The Labute approximate surface area is 153 Å². The lowest BCUT2D eigenvalue weighted by Crippen LogP contribution is -2.12. The number of hydrogen-bond donors (Lipinski definition) is 0. The van der Waals surface area contributed by atoms with Crippen molar-refractivity contribution in [3.8, 4) is 0 Å². The van der Waals surface area contributed by atoms with Crippen molar-refractivity contribution in [3.05, 3.63) is 58.7 Å². The van der Waals surface area contributed by atoms with Crippen LogP contribution in [0.4, 0.5) is 0 Å². The summed E-state index contributed by atoms with van der Waals surface area (Å²) in [6.45, 7) is 3.95. The van der Waals surface area contributed by atoms with E-state index in [4.69, 9.17) is 16.3 Å². The summed E-state index contributed by atoms with van der Waals surface area (Å²) in [6.07, 6.45) is 0. The highest BCUT2D eigenvalue weighted by Crippen LogP contribution is 2.32. The van der Waals surface area contributed by atoms with Crippen molar-refractivity contribution in [3.63, 3.8) is 0 Å². The van der Waals surface area contributed by atoms with Crippen molar-refractivity contribution in [2.75, 3.05) is 7.11 Å². The van der Waals surface area contributed by atoms with E-state index in [1.54, 1.807) is 24.3 Å². The fourth-order valence-corrected chi connectivity index (χ4v) is 4.36. The number of ether oxygens (including phenoxy) is 1. The Morgan fingerprint density at radius 1 is 1.16 bits per heavy atom. The molecule has 0 saturated heterocycles. The molecular weight excluding hydrogens is 358 g/mol. The number of rotatable bonds is 4. The van der Waals surface area contributed by atoms with E-state index in [0.717, 1.165) is 22.2 Å². The van der Waals surface area contributed by atoms with Gasteiger partial charge in [0.1, 0.15) is 6.54 Å². The second kappa shape index (κ2) is 7.02. The van der Waals surface area contributed by atoms with Crippen molar-refractivity contribution in [1.82, 2.24) is 4.57 Å². The average Bonchev–Trinajstić information content (AvgIpc) is 2.86. The van der Waals surface area contributed by atoms with Crippen molar-refractivity contribution in [2.24, 2.45) is 0 Å². The molecule has 25 heavy (non-hydrogen) atoms. The van der Waals surface area contributed by atoms with Crippen molar-refractivity contribution >= 4 is 39.3 Å². The van der Waals surface area contributed by atoms with Crippen LogP contribution >= 0.6 is 11.6 Å². The molecule has 0 radical (unpaired) electrons. The summed E-state index contributed by atoms with van der Waals surface area (Å²) in [5, 5.41) is 1.48. The second-order valence-electron chi connectivity index (χ2n) is 5.82. The standard InChI is InChI=1S/C19H18ClNO3S/c1-12-4-9-17-16(10-12)19(13(2)21(17)11-18(22)24-3)25(23)15-7-5-14(20)6-8-15/h4-10H,11H2,1-3H3. The van der Waals surface area contributed by atoms with Gasteiger partial charge in [-0.1, -0.05) is 23.2 Å². The molecule has 1 aromatic heterocycles. The van der Waals surface area contributed by atoms with Gasteiger partial charge in [-0.3, -0.25) is 4.79 Å². The molecular formula is C19H18ClNO3S. The van der Waals surface area contributed by atoms with Crippen molar-refractivity contribution in [1.29, 1.82) is 0 Å². The summed E-state index contributed by atoms with van der Waals surface area (Å²) in [5.41, 5.74) is 2.72. The van der Waals surface area contributed by atoms with E-state index in [0.29, 0.717) is 14.8 Å². The van der Waals surface area contributed by atoms with Gasteiger partial charge < -0.3 is 9.30 Å². The van der Waals surface area contributed by atoms with Crippen LogP contribution in [0.15, 0.2) is 52.3 Å². The molecule has 130 valence electrons. The minimum absolute atomic E-state index is 0.0830. The van der Waals surface area contributed by atoms with Gasteiger partial charge in [0.05, 0.1) is 28.3 Å². The first-order valence-electron chi connectivity index (χ1n) is 7.76. The van der Waals surface area contributed by atoms with Gasteiger partial charge in [0.2, 0.25) is 0 Å². The maximum Gasteiger partial charge on any atom is 0.325 e. The van der Waals surface area contributed by atoms with Gasteiger partial charge in [0, 0.05) is 21.0 Å². The number of benzene rings is 2. The molecule has 0 spiro atoms. The molecule has 3 aromatic rings. The van der Waals surface area contributed by atoms with Gasteiger partial charge in [-0.05, 0) is 50.2 Å². The third-order valence-corrected chi connectivity index (χ3v) is 5.99. The van der Waals surface area contributed by atoms with E-state index in [2.05, 4.69) is 0 Å². The predicted molar refractivity (Wildman–Crippen MR) is 99.6 cm³/mol. The maximum absolute atomic E-state index is 13.2. The molecule has 0 bridgehead atoms. The Kier molecular flexibility index (Phi) is 4.97. The first-order chi connectivity index (χ1) is 11.9. The van der Waals surface area contributed by atoms with Crippen LogP contribution in [-0.2, 0) is 26.9 Å². The van der Waals surface area contributed by atoms with E-state index in [1.807, 2.05) is 36.6 Å². The third-order valence-electron chi connectivity index (χ3n) is 4.15. The second-order valence-corrected chi connectivity index (χ2v) is 7.67. The zero-order chi connectivity index (χ0) is 18.1. The molecule has 1 unspecified atom stereocenters. The molecule has 1 heterocycles. The van der Waals surface area contributed by atoms with E-state index >= 15 is 0 Å². The fourth-order valence-electron chi connectivity index (χ4n) is 2.87. The van der Waals surface area contributed by atoms with Crippen LogP contribution in [0.3, 0.4) is 0 Å². The molecule has 3 rings (SSSR count). The van der Waals surface area contributed by atoms with E-state index in [1.165, 1.54) is 7.11 Å². The topological polar surface area (TPSA) is 48.3 Å². The zero-order valence-corrected chi connectivity index (χ0v) is 15.8. The highest BCUT2D eigenvalue weighted by atomic mass is 35.5. The summed E-state index contributed by atoms with van der Waals surface area (Å²) >= 11 is 5.93. The summed E-state index contributed by atoms with van der Waals surface area (Å²) in [4.78, 5) is 13.2. The monoisotopic (exact) mass is 375 g/mol. The number of hydrogen-bond acceptors (Lipinski definition) is 3. The lowest BCUT2D eigenvalue weighted by atomic mass is 10.2. The highest BCUT2D eigenvalue weighted by Gasteiger charge is 2.21. The van der Waals surface area contributed by atoms with E-state index < -0.39 is 10.8 Å². The van der Waals surface area contributed by atoms with E-state index in [-0.39, 0.29) is 12.5 Å². The predicted octanol–water partition coefficient (Wildman–Crippen LogP) is 4.25. The summed E-state index contributed by atoms with van der Waals surface area (Å²) < 4.78 is 19.9. The first kappa shape index (κ1) is 17.7. The van der Waals surface area contributed by atoms with Gasteiger partial charge in [0.25, 0.3) is 0 Å². The first-order valence-corrected chi connectivity index (χ1v) is 9.28. The molecule has 1 atom stereocenters. The number of carbonyl (C=O) groups is 1. The Morgan fingerprint density at radius 2 is 1.84 bits per heavy atom. The number of aryl methyl sites for hydroxylation is 1. The molecule has 0 saturated carbocycles. The quantitative estimate of drug-likeness (QED) is 0.640. The Hall–Kier alpha value is -2.11. The van der Waals surface area contributed by atoms with Crippen LogP contribution in [0.2, 0.25) is 5.02 Å². The number of aromatic nitrogens is 1. The third kappa shape index (κ3) is 3.34. The molecule has 0 amide bonds. The Balaban J connectivity index is 2.21. The van der Waals surface area contributed by atoms with Gasteiger partial charge in [-0.25, -0.2) is 4.21 Å². The molecule has 0 aliphatic carbocycles. The number of methoxy groups -OCH3 is 1.